The summed E-state index contributed by atoms with van der Waals surface area (Å²) in [5, 5.41) is 0.667. The third-order valence-electron chi connectivity index (χ3n) is 4.75. The molecule has 22 heavy (non-hydrogen) atoms. The Morgan fingerprint density at radius 3 is 2.68 bits per heavy atom. The zero-order chi connectivity index (χ0) is 15.9. The number of benzene rings is 1. The summed E-state index contributed by atoms with van der Waals surface area (Å²) in [6.07, 6.45) is 2.36. The van der Waals surface area contributed by atoms with Crippen molar-refractivity contribution in [2.75, 3.05) is 13.4 Å². The molecule has 0 N–H and O–H groups in total. The fourth-order valence-electron chi connectivity index (χ4n) is 3.16. The Hall–Kier alpha value is -1.19. The zero-order valence-electron chi connectivity index (χ0n) is 13.6. The second kappa shape index (κ2) is 5.78. The van der Waals surface area contributed by atoms with Crippen LogP contribution in [-0.2, 0) is 11.3 Å². The Morgan fingerprint density at radius 2 is 2.00 bits per heavy atom. The van der Waals surface area contributed by atoms with E-state index in [9.17, 15) is 0 Å². The minimum absolute atomic E-state index is 0.261. The molecular weight excluding hydrogens is 300 g/mol. The van der Waals surface area contributed by atoms with Crippen molar-refractivity contribution in [1.29, 1.82) is 0 Å². The van der Waals surface area contributed by atoms with E-state index in [0.717, 1.165) is 17.9 Å². The Bertz CT molecular complexity index is 603. The molecule has 2 atom stereocenters. The molecule has 0 amide bonds. The summed E-state index contributed by atoms with van der Waals surface area (Å²) in [5.41, 5.74) is 2.65. The molecule has 2 aliphatic rings. The molecule has 0 spiro atoms. The molecule has 0 aromatic heterocycles. The van der Waals surface area contributed by atoms with E-state index in [4.69, 9.17) is 25.8 Å². The van der Waals surface area contributed by atoms with Crippen molar-refractivity contribution in [3.8, 4) is 11.5 Å². The molecule has 3 nitrogen and oxygen atoms in total. The minimum atomic E-state index is 0.261. The molecule has 0 radical (unpaired) electrons. The quantitative estimate of drug-likeness (QED) is 0.727. The molecule has 1 aromatic rings. The summed E-state index contributed by atoms with van der Waals surface area (Å²) in [5.74, 6) is 2.65. The second-order valence-electron chi connectivity index (χ2n) is 7.01. The van der Waals surface area contributed by atoms with Crippen LogP contribution in [0.4, 0.5) is 0 Å². The lowest BCUT2D eigenvalue weighted by atomic mass is 10.1. The van der Waals surface area contributed by atoms with Gasteiger partial charge in [-0.3, -0.25) is 0 Å². The third kappa shape index (κ3) is 2.97. The summed E-state index contributed by atoms with van der Waals surface area (Å²) < 4.78 is 16.6. The van der Waals surface area contributed by atoms with Gasteiger partial charge in [-0.2, -0.15) is 0 Å². The Labute approximate surface area is 137 Å². The van der Waals surface area contributed by atoms with Gasteiger partial charge >= 0.3 is 0 Å². The number of hydrogen-bond donors (Lipinski definition) is 0. The predicted molar refractivity (Wildman–Crippen MR) is 87.4 cm³/mol. The lowest BCUT2D eigenvalue weighted by Gasteiger charge is -2.08. The van der Waals surface area contributed by atoms with E-state index < -0.39 is 0 Å². The average molecular weight is 323 g/mol. The standard InChI is InChI=1S/C18H23ClO3/c1-11(2)5-13-14(18(13,3)4)9-20-8-12-6-16-17(7-15(12)19)22-10-21-16/h5-7,13-14H,8-10H2,1-4H3/t13-,14-/m1/s1. The van der Waals surface area contributed by atoms with Crippen LogP contribution in [0.15, 0.2) is 23.8 Å². The van der Waals surface area contributed by atoms with Crippen molar-refractivity contribution in [3.63, 3.8) is 0 Å². The van der Waals surface area contributed by atoms with Crippen molar-refractivity contribution in [2.24, 2.45) is 17.3 Å². The number of allylic oxidation sites excluding steroid dienone is 2. The maximum Gasteiger partial charge on any atom is 0.231 e. The van der Waals surface area contributed by atoms with Gasteiger partial charge in [0.1, 0.15) is 0 Å². The van der Waals surface area contributed by atoms with Crippen LogP contribution in [0.3, 0.4) is 0 Å². The van der Waals surface area contributed by atoms with Crippen LogP contribution < -0.4 is 9.47 Å². The van der Waals surface area contributed by atoms with Crippen LogP contribution in [-0.4, -0.2) is 13.4 Å². The second-order valence-corrected chi connectivity index (χ2v) is 7.42. The molecule has 0 unspecified atom stereocenters. The van der Waals surface area contributed by atoms with Gasteiger partial charge in [0, 0.05) is 11.6 Å². The highest BCUT2D eigenvalue weighted by Crippen LogP contribution is 2.59. The van der Waals surface area contributed by atoms with Gasteiger partial charge in [0.15, 0.2) is 11.5 Å². The van der Waals surface area contributed by atoms with E-state index in [2.05, 4.69) is 33.8 Å². The zero-order valence-corrected chi connectivity index (χ0v) is 14.4. The molecule has 3 rings (SSSR count). The van der Waals surface area contributed by atoms with Gasteiger partial charge in [-0.05, 0) is 37.2 Å². The molecule has 0 bridgehead atoms. The molecule has 0 saturated heterocycles. The van der Waals surface area contributed by atoms with Gasteiger partial charge in [0.25, 0.3) is 0 Å². The molecule has 1 saturated carbocycles. The first kappa shape index (κ1) is 15.7. The SMILES string of the molecule is CC(C)=C[C@@H]1[C@@H](COCc2cc3c(cc2Cl)OCO3)C1(C)C. The van der Waals surface area contributed by atoms with Crippen LogP contribution in [0.2, 0.25) is 5.02 Å². The number of ether oxygens (including phenoxy) is 3. The molecule has 1 aliphatic carbocycles. The van der Waals surface area contributed by atoms with Crippen LogP contribution >= 0.6 is 11.6 Å². The predicted octanol–water partition coefficient (Wildman–Crippen LogP) is 4.82. The monoisotopic (exact) mass is 322 g/mol. The summed E-state index contributed by atoms with van der Waals surface area (Å²) in [6, 6.07) is 3.71. The maximum atomic E-state index is 6.27. The van der Waals surface area contributed by atoms with Gasteiger partial charge in [-0.25, -0.2) is 0 Å². The van der Waals surface area contributed by atoms with Crippen LogP contribution in [0, 0.1) is 17.3 Å². The fourth-order valence-corrected chi connectivity index (χ4v) is 3.37. The first-order valence-electron chi connectivity index (χ1n) is 7.70. The molecule has 1 heterocycles. The lowest BCUT2D eigenvalue weighted by Crippen LogP contribution is -2.02. The number of fused-ring (bicyclic) bond motifs is 1. The van der Waals surface area contributed by atoms with Gasteiger partial charge < -0.3 is 14.2 Å². The first-order valence-corrected chi connectivity index (χ1v) is 8.08. The van der Waals surface area contributed by atoms with Crippen LogP contribution in [0.5, 0.6) is 11.5 Å². The third-order valence-corrected chi connectivity index (χ3v) is 5.10. The highest BCUT2D eigenvalue weighted by atomic mass is 35.5. The lowest BCUT2D eigenvalue weighted by molar-refractivity contribution is 0.102. The molecule has 1 aromatic carbocycles. The van der Waals surface area contributed by atoms with Crippen LogP contribution in [0.25, 0.3) is 0 Å². The normalized spacial score (nSPS) is 24.2. The van der Waals surface area contributed by atoms with Gasteiger partial charge in [0.2, 0.25) is 6.79 Å². The maximum absolute atomic E-state index is 6.27. The Balaban J connectivity index is 1.57. The topological polar surface area (TPSA) is 27.7 Å². The van der Waals surface area contributed by atoms with Gasteiger partial charge in [-0.1, -0.05) is 37.1 Å². The molecule has 120 valence electrons. The van der Waals surface area contributed by atoms with E-state index in [1.165, 1.54) is 5.57 Å². The van der Waals surface area contributed by atoms with Gasteiger partial charge in [0.05, 0.1) is 18.2 Å². The van der Waals surface area contributed by atoms with E-state index >= 15 is 0 Å². The average Bonchev–Trinajstić information content (AvgIpc) is 2.78. The highest BCUT2D eigenvalue weighted by molar-refractivity contribution is 6.31. The van der Waals surface area contributed by atoms with E-state index in [1.54, 1.807) is 6.07 Å². The van der Waals surface area contributed by atoms with E-state index in [0.29, 0.717) is 34.6 Å². The van der Waals surface area contributed by atoms with Gasteiger partial charge in [-0.15, -0.1) is 0 Å². The molecule has 4 heteroatoms. The molecule has 1 fully saturated rings. The Kier molecular flexibility index (Phi) is 4.13. The number of halogens is 1. The Morgan fingerprint density at radius 1 is 1.32 bits per heavy atom. The summed E-state index contributed by atoms with van der Waals surface area (Å²) >= 11 is 6.27. The number of rotatable bonds is 5. The van der Waals surface area contributed by atoms with Crippen LogP contribution in [0.1, 0.15) is 33.3 Å². The smallest absolute Gasteiger partial charge is 0.231 e. The molecule has 1 aliphatic heterocycles. The number of hydrogen-bond acceptors (Lipinski definition) is 3. The molecular formula is C18H23ClO3. The fraction of sp³-hybridized carbons (Fsp3) is 0.556. The highest BCUT2D eigenvalue weighted by Gasteiger charge is 2.55. The van der Waals surface area contributed by atoms with Crippen molar-refractivity contribution in [3.05, 3.63) is 34.4 Å². The summed E-state index contributed by atoms with van der Waals surface area (Å²) in [7, 11) is 0. The summed E-state index contributed by atoms with van der Waals surface area (Å²) in [6.45, 7) is 10.4. The van der Waals surface area contributed by atoms with E-state index in [-0.39, 0.29) is 6.79 Å². The van der Waals surface area contributed by atoms with Crippen molar-refractivity contribution < 1.29 is 14.2 Å². The van der Waals surface area contributed by atoms with Crippen molar-refractivity contribution in [2.45, 2.75) is 34.3 Å². The van der Waals surface area contributed by atoms with Crippen molar-refractivity contribution in [1.82, 2.24) is 0 Å². The first-order chi connectivity index (χ1) is 10.4. The largest absolute Gasteiger partial charge is 0.454 e. The van der Waals surface area contributed by atoms with Crippen molar-refractivity contribution >= 4 is 11.6 Å². The summed E-state index contributed by atoms with van der Waals surface area (Å²) in [4.78, 5) is 0. The minimum Gasteiger partial charge on any atom is -0.454 e. The van der Waals surface area contributed by atoms with E-state index in [1.807, 2.05) is 6.07 Å².